The molecule has 0 aliphatic carbocycles. The zero-order chi connectivity index (χ0) is 15.4. The summed E-state index contributed by atoms with van der Waals surface area (Å²) in [4.78, 5) is 24.3. The number of nitro benzene ring substituents is 1. The van der Waals surface area contributed by atoms with Gasteiger partial charge in [0.05, 0.1) is 22.7 Å². The highest BCUT2D eigenvalue weighted by atomic mass is 16.6. The van der Waals surface area contributed by atoms with Gasteiger partial charge in [-0.15, -0.1) is 0 Å². The summed E-state index contributed by atoms with van der Waals surface area (Å²) in [5, 5.41) is 10.9. The topological polar surface area (TPSA) is 72.7 Å². The highest BCUT2D eigenvalue weighted by Gasteiger charge is 2.24. The number of morpholine rings is 1. The van der Waals surface area contributed by atoms with E-state index in [0.717, 1.165) is 0 Å². The van der Waals surface area contributed by atoms with E-state index in [1.807, 2.05) is 13.8 Å². The molecule has 0 spiro atoms. The lowest BCUT2D eigenvalue weighted by molar-refractivity contribution is -0.385. The summed E-state index contributed by atoms with van der Waals surface area (Å²) in [7, 11) is 0. The van der Waals surface area contributed by atoms with Crippen molar-refractivity contribution in [2.24, 2.45) is 0 Å². The van der Waals surface area contributed by atoms with Gasteiger partial charge in [-0.1, -0.05) is 12.1 Å². The largest absolute Gasteiger partial charge is 0.372 e. The van der Waals surface area contributed by atoms with Crippen LogP contribution in [-0.2, 0) is 9.53 Å². The Morgan fingerprint density at radius 2 is 1.95 bits per heavy atom. The quantitative estimate of drug-likeness (QED) is 0.486. The van der Waals surface area contributed by atoms with E-state index in [1.165, 1.54) is 18.2 Å². The molecule has 2 atom stereocenters. The molecule has 112 valence electrons. The summed E-state index contributed by atoms with van der Waals surface area (Å²) in [5.74, 6) is -0.157. The van der Waals surface area contributed by atoms with Crippen LogP contribution in [-0.4, -0.2) is 41.0 Å². The predicted octanol–water partition coefficient (Wildman–Crippen LogP) is 2.24. The second-order valence-corrected chi connectivity index (χ2v) is 5.15. The van der Waals surface area contributed by atoms with Crippen LogP contribution in [0.5, 0.6) is 0 Å². The minimum absolute atomic E-state index is 0.00263. The van der Waals surface area contributed by atoms with Crippen molar-refractivity contribution in [1.29, 1.82) is 0 Å². The van der Waals surface area contributed by atoms with E-state index >= 15 is 0 Å². The number of hydrogen-bond acceptors (Lipinski definition) is 4. The van der Waals surface area contributed by atoms with Gasteiger partial charge in [0.15, 0.2) is 0 Å². The first-order chi connectivity index (χ1) is 9.97. The molecule has 1 aromatic carbocycles. The third-order valence-corrected chi connectivity index (χ3v) is 3.27. The maximum absolute atomic E-state index is 12.2. The molecule has 0 radical (unpaired) electrons. The molecule has 1 aliphatic rings. The summed E-state index contributed by atoms with van der Waals surface area (Å²) in [6.45, 7) is 4.90. The Hall–Kier alpha value is -2.21. The minimum atomic E-state index is -0.455. The second kappa shape index (κ2) is 6.49. The van der Waals surface area contributed by atoms with E-state index in [1.54, 1.807) is 23.1 Å². The van der Waals surface area contributed by atoms with Crippen LogP contribution >= 0.6 is 0 Å². The summed E-state index contributed by atoms with van der Waals surface area (Å²) >= 11 is 0. The molecule has 6 heteroatoms. The van der Waals surface area contributed by atoms with E-state index in [9.17, 15) is 14.9 Å². The van der Waals surface area contributed by atoms with Gasteiger partial charge in [-0.3, -0.25) is 14.9 Å². The number of hydrogen-bond donors (Lipinski definition) is 0. The number of rotatable bonds is 3. The number of carbonyl (C=O) groups excluding carboxylic acids is 1. The molecule has 1 saturated heterocycles. The van der Waals surface area contributed by atoms with Crippen molar-refractivity contribution in [3.05, 3.63) is 46.0 Å². The highest BCUT2D eigenvalue weighted by Crippen LogP contribution is 2.19. The number of ether oxygens (including phenoxy) is 1. The standard InChI is InChI=1S/C15H18N2O4/c1-11-9-16(10-12(2)21-11)15(18)8-7-13-5-3-4-6-14(13)17(19)20/h3-8,11-12H,9-10H2,1-2H3/b8-7+/t11-,12+. The van der Waals surface area contributed by atoms with Gasteiger partial charge >= 0.3 is 0 Å². The van der Waals surface area contributed by atoms with Gasteiger partial charge < -0.3 is 9.64 Å². The van der Waals surface area contributed by atoms with Crippen molar-refractivity contribution in [2.75, 3.05) is 13.1 Å². The van der Waals surface area contributed by atoms with Gasteiger partial charge in [-0.2, -0.15) is 0 Å². The van der Waals surface area contributed by atoms with E-state index in [2.05, 4.69) is 0 Å². The lowest BCUT2D eigenvalue weighted by atomic mass is 10.1. The van der Waals surface area contributed by atoms with Gasteiger partial charge in [0.2, 0.25) is 5.91 Å². The molecule has 0 saturated carbocycles. The Bertz CT molecular complexity index is 561. The molecule has 21 heavy (non-hydrogen) atoms. The van der Waals surface area contributed by atoms with Crippen LogP contribution in [0.4, 0.5) is 5.69 Å². The Balaban J connectivity index is 2.10. The maximum atomic E-state index is 12.2. The van der Waals surface area contributed by atoms with Crippen molar-refractivity contribution >= 4 is 17.7 Å². The summed E-state index contributed by atoms with van der Waals surface area (Å²) in [6, 6.07) is 6.34. The van der Waals surface area contributed by atoms with Crippen LogP contribution < -0.4 is 0 Å². The zero-order valence-corrected chi connectivity index (χ0v) is 12.1. The SMILES string of the molecule is C[C@@H]1CN(C(=O)/C=C/c2ccccc2[N+](=O)[O-])C[C@H](C)O1. The molecular formula is C15H18N2O4. The van der Waals surface area contributed by atoms with Crippen molar-refractivity contribution in [3.8, 4) is 0 Å². The van der Waals surface area contributed by atoms with Gasteiger partial charge in [0.1, 0.15) is 0 Å². The van der Waals surface area contributed by atoms with Crippen LogP contribution in [0.15, 0.2) is 30.3 Å². The van der Waals surface area contributed by atoms with E-state index in [-0.39, 0.29) is 23.8 Å². The van der Waals surface area contributed by atoms with Gasteiger partial charge in [-0.05, 0) is 26.0 Å². The lowest BCUT2D eigenvalue weighted by Gasteiger charge is -2.34. The molecule has 1 aliphatic heterocycles. The van der Waals surface area contributed by atoms with Gasteiger partial charge in [-0.25, -0.2) is 0 Å². The second-order valence-electron chi connectivity index (χ2n) is 5.15. The monoisotopic (exact) mass is 290 g/mol. The first-order valence-corrected chi connectivity index (χ1v) is 6.83. The summed E-state index contributed by atoms with van der Waals surface area (Å²) in [5.41, 5.74) is 0.412. The normalized spacial score (nSPS) is 22.5. The maximum Gasteiger partial charge on any atom is 0.276 e. The van der Waals surface area contributed by atoms with E-state index in [0.29, 0.717) is 18.7 Å². The van der Waals surface area contributed by atoms with Crippen LogP contribution in [0.25, 0.3) is 6.08 Å². The van der Waals surface area contributed by atoms with Crippen LogP contribution in [0.2, 0.25) is 0 Å². The zero-order valence-electron chi connectivity index (χ0n) is 12.1. The Morgan fingerprint density at radius 3 is 2.57 bits per heavy atom. The number of amides is 1. The van der Waals surface area contributed by atoms with Crippen LogP contribution in [0, 0.1) is 10.1 Å². The molecule has 1 amide bonds. The molecular weight excluding hydrogens is 272 g/mol. The Kier molecular flexibility index (Phi) is 4.70. The molecule has 1 heterocycles. The highest BCUT2D eigenvalue weighted by molar-refractivity contribution is 5.92. The molecule has 0 unspecified atom stereocenters. The predicted molar refractivity (Wildman–Crippen MR) is 78.7 cm³/mol. The van der Waals surface area contributed by atoms with Crippen LogP contribution in [0.3, 0.4) is 0 Å². The first kappa shape index (κ1) is 15.2. The van der Waals surface area contributed by atoms with Crippen molar-refractivity contribution < 1.29 is 14.5 Å². The van der Waals surface area contributed by atoms with E-state index in [4.69, 9.17) is 4.74 Å². The Labute approximate surface area is 123 Å². The third kappa shape index (κ3) is 3.88. The molecule has 0 bridgehead atoms. The number of benzene rings is 1. The fourth-order valence-corrected chi connectivity index (χ4v) is 2.42. The smallest absolute Gasteiger partial charge is 0.276 e. The third-order valence-electron chi connectivity index (χ3n) is 3.27. The minimum Gasteiger partial charge on any atom is -0.372 e. The van der Waals surface area contributed by atoms with Gasteiger partial charge in [0.25, 0.3) is 5.69 Å². The fraction of sp³-hybridized carbons (Fsp3) is 0.400. The summed E-state index contributed by atoms with van der Waals surface area (Å²) < 4.78 is 5.57. The number of para-hydroxylation sites is 1. The molecule has 0 N–H and O–H groups in total. The average Bonchev–Trinajstić information content (AvgIpc) is 2.43. The Morgan fingerprint density at radius 1 is 1.33 bits per heavy atom. The lowest BCUT2D eigenvalue weighted by Crippen LogP contribution is -2.47. The van der Waals surface area contributed by atoms with Crippen molar-refractivity contribution in [3.63, 3.8) is 0 Å². The molecule has 6 nitrogen and oxygen atoms in total. The number of nitrogens with zero attached hydrogens (tertiary/aromatic N) is 2. The number of nitro groups is 1. The molecule has 1 aromatic rings. The molecule has 1 fully saturated rings. The van der Waals surface area contributed by atoms with Crippen LogP contribution in [0.1, 0.15) is 19.4 Å². The van der Waals surface area contributed by atoms with Crippen molar-refractivity contribution in [2.45, 2.75) is 26.1 Å². The summed E-state index contributed by atoms with van der Waals surface area (Å²) in [6.07, 6.45) is 2.87. The average molecular weight is 290 g/mol. The first-order valence-electron chi connectivity index (χ1n) is 6.83. The number of carbonyl (C=O) groups is 1. The van der Waals surface area contributed by atoms with Crippen molar-refractivity contribution in [1.82, 2.24) is 4.90 Å². The molecule has 0 aromatic heterocycles. The van der Waals surface area contributed by atoms with E-state index < -0.39 is 4.92 Å². The molecule has 2 rings (SSSR count). The fourth-order valence-electron chi connectivity index (χ4n) is 2.42. The van der Waals surface area contributed by atoms with Gasteiger partial charge in [0, 0.05) is 25.2 Å².